The summed E-state index contributed by atoms with van der Waals surface area (Å²) >= 11 is 0. The highest BCUT2D eigenvalue weighted by atomic mass is 16.4. The van der Waals surface area contributed by atoms with Gasteiger partial charge in [-0.2, -0.15) is 0 Å². The van der Waals surface area contributed by atoms with Gasteiger partial charge in [0.05, 0.1) is 17.6 Å². The first kappa shape index (κ1) is 14.2. The van der Waals surface area contributed by atoms with Crippen LogP contribution in [-0.4, -0.2) is 25.1 Å². The Balaban J connectivity index is 1.44. The van der Waals surface area contributed by atoms with Gasteiger partial charge < -0.3 is 9.40 Å². The Morgan fingerprint density at radius 3 is 2.73 bits per heavy atom. The van der Waals surface area contributed by atoms with Crippen molar-refractivity contribution in [1.29, 1.82) is 0 Å². The van der Waals surface area contributed by atoms with Crippen LogP contribution in [0, 0.1) is 0 Å². The molecule has 0 bridgehead atoms. The van der Waals surface area contributed by atoms with Gasteiger partial charge in [0.2, 0.25) is 11.8 Å². The summed E-state index contributed by atoms with van der Waals surface area (Å²) in [5.74, 6) is 2.39. The molecule has 2 fully saturated rings. The van der Waals surface area contributed by atoms with E-state index in [1.807, 2.05) is 30.7 Å². The Morgan fingerprint density at radius 2 is 1.88 bits per heavy atom. The zero-order chi connectivity index (χ0) is 17.1. The number of benzene rings is 1. The Labute approximate surface area is 149 Å². The lowest BCUT2D eigenvalue weighted by Crippen LogP contribution is -1.91. The summed E-state index contributed by atoms with van der Waals surface area (Å²) in [5, 5.41) is 9.52. The highest BCUT2D eigenvalue weighted by Gasteiger charge is 2.29. The number of nitrogens with one attached hydrogen (secondary N) is 1. The van der Waals surface area contributed by atoms with Crippen molar-refractivity contribution in [3.8, 4) is 22.7 Å². The lowest BCUT2D eigenvalue weighted by Gasteiger charge is -2.03. The quantitative estimate of drug-likeness (QED) is 0.593. The summed E-state index contributed by atoms with van der Waals surface area (Å²) in [4.78, 5) is 12.6. The van der Waals surface area contributed by atoms with Crippen LogP contribution in [0.25, 0.3) is 33.6 Å². The largest absolute Gasteiger partial charge is 0.420 e. The lowest BCUT2D eigenvalue weighted by atomic mass is 10.1. The van der Waals surface area contributed by atoms with Crippen molar-refractivity contribution < 1.29 is 4.42 Å². The summed E-state index contributed by atoms with van der Waals surface area (Å²) in [6, 6.07) is 6.16. The molecule has 0 unspecified atom stereocenters. The fourth-order valence-corrected chi connectivity index (χ4v) is 3.40. The van der Waals surface area contributed by atoms with E-state index in [4.69, 9.17) is 9.40 Å². The summed E-state index contributed by atoms with van der Waals surface area (Å²) in [7, 11) is 0. The summed E-state index contributed by atoms with van der Waals surface area (Å²) < 4.78 is 5.86. The molecule has 6 heteroatoms. The van der Waals surface area contributed by atoms with Gasteiger partial charge in [0.15, 0.2) is 0 Å². The number of aromatic nitrogens is 5. The van der Waals surface area contributed by atoms with Crippen molar-refractivity contribution in [3.05, 3.63) is 48.4 Å². The summed E-state index contributed by atoms with van der Waals surface area (Å²) in [6.45, 7) is 0. The first-order chi connectivity index (χ1) is 12.8. The molecule has 1 N–H and O–H groups in total. The Kier molecular flexibility index (Phi) is 2.86. The van der Waals surface area contributed by atoms with Crippen molar-refractivity contribution in [3.63, 3.8) is 0 Å². The third kappa shape index (κ3) is 2.33. The van der Waals surface area contributed by atoms with Crippen LogP contribution in [0.1, 0.15) is 49.1 Å². The van der Waals surface area contributed by atoms with Gasteiger partial charge in [-0.25, -0.2) is 4.98 Å². The molecule has 3 aromatic heterocycles. The van der Waals surface area contributed by atoms with Crippen LogP contribution in [0.5, 0.6) is 0 Å². The summed E-state index contributed by atoms with van der Waals surface area (Å²) in [5.41, 5.74) is 5.05. The number of fused-ring (bicyclic) bond motifs is 1. The highest BCUT2D eigenvalue weighted by Crippen LogP contribution is 2.41. The van der Waals surface area contributed by atoms with Crippen LogP contribution in [0.15, 0.2) is 41.2 Å². The average molecular weight is 343 g/mol. The second-order valence-corrected chi connectivity index (χ2v) is 7.29. The third-order valence-electron chi connectivity index (χ3n) is 5.22. The number of rotatable bonds is 4. The predicted molar refractivity (Wildman–Crippen MR) is 96.6 cm³/mol. The minimum Gasteiger partial charge on any atom is -0.420 e. The van der Waals surface area contributed by atoms with Gasteiger partial charge in [0.25, 0.3) is 0 Å². The van der Waals surface area contributed by atoms with Crippen molar-refractivity contribution in [2.45, 2.75) is 37.5 Å². The molecule has 0 radical (unpaired) electrons. The zero-order valence-corrected chi connectivity index (χ0v) is 14.1. The molecule has 2 saturated carbocycles. The monoisotopic (exact) mass is 343 g/mol. The molecule has 0 saturated heterocycles. The smallest absolute Gasteiger partial charge is 0.247 e. The number of hydrogen-bond acceptors (Lipinski definition) is 5. The van der Waals surface area contributed by atoms with E-state index in [-0.39, 0.29) is 0 Å². The van der Waals surface area contributed by atoms with Crippen molar-refractivity contribution in [2.75, 3.05) is 0 Å². The fraction of sp³-hybridized carbons (Fsp3) is 0.300. The molecule has 2 aliphatic carbocycles. The van der Waals surface area contributed by atoms with E-state index in [9.17, 15) is 0 Å². The van der Waals surface area contributed by atoms with Crippen LogP contribution in [0.4, 0.5) is 0 Å². The van der Waals surface area contributed by atoms with Crippen LogP contribution >= 0.6 is 0 Å². The van der Waals surface area contributed by atoms with E-state index in [2.05, 4.69) is 26.2 Å². The standard InChI is InChI=1S/C20H17N5O/c1-2-11(1)17-9-21-10-18(23-17)15-8-22-16-6-5-13(7-14(15)16)20-25-24-19(26-20)12-3-4-12/h5-12,22H,1-4H2. The van der Waals surface area contributed by atoms with E-state index < -0.39 is 0 Å². The molecular formula is C20H17N5O. The Morgan fingerprint density at radius 1 is 1.00 bits per heavy atom. The first-order valence-electron chi connectivity index (χ1n) is 9.12. The van der Waals surface area contributed by atoms with Gasteiger partial charge in [-0.05, 0) is 43.9 Å². The minimum absolute atomic E-state index is 0.461. The van der Waals surface area contributed by atoms with Gasteiger partial charge in [-0.1, -0.05) is 0 Å². The average Bonchev–Trinajstić information content (AvgIpc) is 3.61. The van der Waals surface area contributed by atoms with E-state index in [1.165, 1.54) is 12.8 Å². The van der Waals surface area contributed by atoms with Crippen LogP contribution in [-0.2, 0) is 0 Å². The second kappa shape index (κ2) is 5.24. The van der Waals surface area contributed by atoms with E-state index in [1.54, 1.807) is 0 Å². The van der Waals surface area contributed by atoms with Crippen LogP contribution in [0.2, 0.25) is 0 Å². The molecule has 0 amide bonds. The number of H-pyrrole nitrogens is 1. The maximum atomic E-state index is 5.86. The fourth-order valence-electron chi connectivity index (χ4n) is 3.40. The van der Waals surface area contributed by atoms with E-state index in [0.717, 1.165) is 52.2 Å². The van der Waals surface area contributed by atoms with Crippen LogP contribution in [0.3, 0.4) is 0 Å². The molecule has 1 aromatic carbocycles. The van der Waals surface area contributed by atoms with Gasteiger partial charge >= 0.3 is 0 Å². The van der Waals surface area contributed by atoms with Gasteiger partial charge in [0, 0.05) is 46.3 Å². The molecule has 128 valence electrons. The highest BCUT2D eigenvalue weighted by molar-refractivity contribution is 5.96. The van der Waals surface area contributed by atoms with Crippen molar-refractivity contribution in [2.24, 2.45) is 0 Å². The van der Waals surface area contributed by atoms with Gasteiger partial charge in [-0.15, -0.1) is 10.2 Å². The minimum atomic E-state index is 0.461. The molecule has 0 spiro atoms. The van der Waals surface area contributed by atoms with Gasteiger partial charge in [0.1, 0.15) is 0 Å². The second-order valence-electron chi connectivity index (χ2n) is 7.29. The Bertz CT molecular complexity index is 1120. The zero-order valence-electron chi connectivity index (χ0n) is 14.1. The molecule has 4 aromatic rings. The van der Waals surface area contributed by atoms with Crippen molar-refractivity contribution >= 4 is 10.9 Å². The first-order valence-corrected chi connectivity index (χ1v) is 9.12. The molecule has 0 atom stereocenters. The molecule has 2 aliphatic rings. The number of nitrogens with zero attached hydrogens (tertiary/aromatic N) is 4. The summed E-state index contributed by atoms with van der Waals surface area (Å²) in [6.07, 6.45) is 10.5. The van der Waals surface area contributed by atoms with Crippen LogP contribution < -0.4 is 0 Å². The molecule has 3 heterocycles. The maximum absolute atomic E-state index is 5.86. The molecule has 6 nitrogen and oxygen atoms in total. The molecular weight excluding hydrogens is 326 g/mol. The predicted octanol–water partition coefficient (Wildman–Crippen LogP) is 4.43. The van der Waals surface area contributed by atoms with Crippen molar-refractivity contribution in [1.82, 2.24) is 25.1 Å². The third-order valence-corrected chi connectivity index (χ3v) is 5.22. The lowest BCUT2D eigenvalue weighted by molar-refractivity contribution is 0.508. The normalized spacial score (nSPS) is 17.1. The van der Waals surface area contributed by atoms with E-state index in [0.29, 0.717) is 17.7 Å². The van der Waals surface area contributed by atoms with E-state index >= 15 is 0 Å². The molecule has 0 aliphatic heterocycles. The number of hydrogen-bond donors (Lipinski definition) is 1. The molecule has 6 rings (SSSR count). The maximum Gasteiger partial charge on any atom is 0.247 e. The number of aromatic amines is 1. The van der Waals surface area contributed by atoms with Gasteiger partial charge in [-0.3, -0.25) is 4.98 Å². The topological polar surface area (TPSA) is 80.5 Å². The molecule has 26 heavy (non-hydrogen) atoms. The Hall–Kier alpha value is -3.02. The SMILES string of the molecule is c1cc2[nH]cc(-c3cncc(C4CC4)n3)c2cc1-c1nnc(C2CC2)o1.